The Labute approximate surface area is 224 Å². The van der Waals surface area contributed by atoms with Crippen LogP contribution in [0.25, 0.3) is 29.6 Å². The van der Waals surface area contributed by atoms with Crippen LogP contribution in [-0.4, -0.2) is 34.0 Å². The van der Waals surface area contributed by atoms with Gasteiger partial charge in [-0.3, -0.25) is 4.90 Å². The number of aromatic nitrogens is 2. The summed E-state index contributed by atoms with van der Waals surface area (Å²) in [5.74, 6) is 1.24. The third-order valence-electron chi connectivity index (χ3n) is 9.36. The van der Waals surface area contributed by atoms with Gasteiger partial charge in [0.25, 0.3) is 0 Å². The molecule has 2 aromatic carbocycles. The van der Waals surface area contributed by atoms with Gasteiger partial charge in [-0.15, -0.1) is 0 Å². The first-order chi connectivity index (χ1) is 18.5. The van der Waals surface area contributed by atoms with Crippen molar-refractivity contribution < 1.29 is 4.39 Å². The monoisotopic (exact) mass is 503 g/mol. The first-order valence-electron chi connectivity index (χ1n) is 13.9. The minimum Gasteiger partial charge on any atom is -0.338 e. The summed E-state index contributed by atoms with van der Waals surface area (Å²) < 4.78 is 13.9. The zero-order valence-electron chi connectivity index (χ0n) is 22.0. The van der Waals surface area contributed by atoms with E-state index in [1.165, 1.54) is 47.1 Å². The largest absolute Gasteiger partial charge is 0.338 e. The zero-order valence-corrected chi connectivity index (χ0v) is 22.0. The molecule has 0 amide bonds. The van der Waals surface area contributed by atoms with Gasteiger partial charge in [0.05, 0.1) is 11.4 Å². The van der Waals surface area contributed by atoms with E-state index in [0.29, 0.717) is 18.4 Å². The van der Waals surface area contributed by atoms with Gasteiger partial charge in [-0.25, -0.2) is 9.37 Å². The van der Waals surface area contributed by atoms with Crippen molar-refractivity contribution in [3.8, 4) is 11.4 Å². The van der Waals surface area contributed by atoms with Crippen LogP contribution in [0.1, 0.15) is 71.7 Å². The smallest absolute Gasteiger partial charge is 0.138 e. The fourth-order valence-corrected chi connectivity index (χ4v) is 7.30. The third kappa shape index (κ3) is 3.85. The van der Waals surface area contributed by atoms with Gasteiger partial charge in [0.15, 0.2) is 0 Å². The van der Waals surface area contributed by atoms with E-state index in [0.717, 1.165) is 42.3 Å². The van der Waals surface area contributed by atoms with Crippen LogP contribution in [0.3, 0.4) is 0 Å². The van der Waals surface area contributed by atoms with E-state index in [1.807, 2.05) is 12.2 Å². The van der Waals surface area contributed by atoms with Gasteiger partial charge >= 0.3 is 0 Å². The van der Waals surface area contributed by atoms with Crippen LogP contribution in [0.15, 0.2) is 72.6 Å². The minimum atomic E-state index is -0.144. The van der Waals surface area contributed by atoms with E-state index < -0.39 is 0 Å². The Morgan fingerprint density at radius 3 is 2.89 bits per heavy atom. The molecule has 3 nitrogen and oxygen atoms in total. The number of fused-ring (bicyclic) bond motifs is 3. The lowest BCUT2D eigenvalue weighted by molar-refractivity contribution is 0.171. The number of hydrogen-bond donors (Lipinski definition) is 1. The van der Waals surface area contributed by atoms with Crippen molar-refractivity contribution in [2.24, 2.45) is 0 Å². The third-order valence-corrected chi connectivity index (χ3v) is 9.36. The summed E-state index contributed by atoms with van der Waals surface area (Å²) in [6.07, 6.45) is 15.1. The second-order valence-electron chi connectivity index (χ2n) is 11.5. The number of H-pyrrole nitrogens is 1. The van der Waals surface area contributed by atoms with E-state index in [4.69, 9.17) is 4.98 Å². The SMILES string of the molecule is C=C1CN(C2CCC(c3ccc(-c4nc5c([nH]4)C=C(F)CC=C5)cc3C)C2)CCC12C=Cc1ccccc12. The van der Waals surface area contributed by atoms with Gasteiger partial charge < -0.3 is 4.98 Å². The molecule has 1 aliphatic heterocycles. The average molecular weight is 504 g/mol. The second-order valence-corrected chi connectivity index (χ2v) is 11.5. The molecule has 0 bridgehead atoms. The molecule has 4 heteroatoms. The van der Waals surface area contributed by atoms with Gasteiger partial charge in [-0.05, 0) is 84.6 Å². The summed E-state index contributed by atoms with van der Waals surface area (Å²) in [7, 11) is 0. The Bertz CT molecular complexity index is 1520. The lowest BCUT2D eigenvalue weighted by Crippen LogP contribution is -2.46. The molecule has 0 radical (unpaired) electrons. The highest BCUT2D eigenvalue weighted by atomic mass is 19.1. The molecule has 1 spiro atoms. The number of likely N-dealkylation sites (tertiary alicyclic amines) is 1. The molecule has 7 rings (SSSR count). The highest BCUT2D eigenvalue weighted by Crippen LogP contribution is 2.48. The lowest BCUT2D eigenvalue weighted by atomic mass is 9.71. The van der Waals surface area contributed by atoms with E-state index in [2.05, 4.69) is 78.0 Å². The molecule has 3 aliphatic carbocycles. The Balaban J connectivity index is 1.05. The first kappa shape index (κ1) is 23.6. The summed E-state index contributed by atoms with van der Waals surface area (Å²) in [5, 5.41) is 0. The quantitative estimate of drug-likeness (QED) is 0.368. The number of hydrogen-bond acceptors (Lipinski definition) is 2. The molecule has 1 aromatic heterocycles. The van der Waals surface area contributed by atoms with Gasteiger partial charge in [0, 0.05) is 36.5 Å². The average Bonchev–Trinajstić information content (AvgIpc) is 3.62. The summed E-state index contributed by atoms with van der Waals surface area (Å²) in [5.41, 5.74) is 9.53. The van der Waals surface area contributed by atoms with E-state index in [9.17, 15) is 4.39 Å². The van der Waals surface area contributed by atoms with Crippen LogP contribution in [0, 0.1) is 6.92 Å². The number of rotatable bonds is 3. The Kier molecular flexibility index (Phi) is 5.63. The maximum absolute atomic E-state index is 13.9. The van der Waals surface area contributed by atoms with Crippen LogP contribution in [0.4, 0.5) is 4.39 Å². The molecular formula is C34H34FN3. The minimum absolute atomic E-state index is 0.0269. The molecule has 2 fully saturated rings. The number of aryl methyl sites for hydroxylation is 1. The second kappa shape index (κ2) is 9.06. The number of nitrogens with zero attached hydrogens (tertiary/aromatic N) is 2. The predicted octanol–water partition coefficient (Wildman–Crippen LogP) is 7.98. The normalized spacial score (nSPS) is 26.5. The van der Waals surface area contributed by atoms with Crippen molar-refractivity contribution in [3.05, 3.63) is 106 Å². The molecule has 3 atom stereocenters. The molecule has 1 N–H and O–H groups in total. The van der Waals surface area contributed by atoms with E-state index >= 15 is 0 Å². The highest BCUT2D eigenvalue weighted by molar-refractivity contribution is 5.70. The molecular weight excluding hydrogens is 469 g/mol. The van der Waals surface area contributed by atoms with E-state index in [-0.39, 0.29) is 11.2 Å². The van der Waals surface area contributed by atoms with Crippen LogP contribution in [-0.2, 0) is 5.41 Å². The summed E-state index contributed by atoms with van der Waals surface area (Å²) in [6, 6.07) is 16.1. The van der Waals surface area contributed by atoms with Crippen molar-refractivity contribution in [2.75, 3.05) is 13.1 Å². The van der Waals surface area contributed by atoms with E-state index in [1.54, 1.807) is 6.08 Å². The maximum Gasteiger partial charge on any atom is 0.138 e. The molecule has 3 unspecified atom stereocenters. The number of piperidine rings is 1. The van der Waals surface area contributed by atoms with Crippen molar-refractivity contribution in [1.82, 2.24) is 14.9 Å². The summed E-state index contributed by atoms with van der Waals surface area (Å²) in [6.45, 7) is 8.93. The zero-order chi connectivity index (χ0) is 25.9. The lowest BCUT2D eigenvalue weighted by Gasteiger charge is -2.43. The van der Waals surface area contributed by atoms with Gasteiger partial charge in [0.2, 0.25) is 0 Å². The van der Waals surface area contributed by atoms with Crippen LogP contribution < -0.4 is 0 Å². The fourth-order valence-electron chi connectivity index (χ4n) is 7.30. The topological polar surface area (TPSA) is 31.9 Å². The number of nitrogens with one attached hydrogen (secondary N) is 1. The molecule has 4 aliphatic rings. The Morgan fingerprint density at radius 2 is 2.03 bits per heavy atom. The van der Waals surface area contributed by atoms with Crippen molar-refractivity contribution >= 4 is 18.2 Å². The van der Waals surface area contributed by atoms with Gasteiger partial charge in [-0.2, -0.15) is 0 Å². The number of allylic oxidation sites excluding steroid dienone is 3. The Hall–Kier alpha value is -3.50. The van der Waals surface area contributed by atoms with Gasteiger partial charge in [0.1, 0.15) is 11.7 Å². The number of aromatic amines is 1. The van der Waals surface area contributed by atoms with Crippen molar-refractivity contribution in [2.45, 2.75) is 56.4 Å². The van der Waals surface area contributed by atoms with Crippen LogP contribution in [0.2, 0.25) is 0 Å². The predicted molar refractivity (Wildman–Crippen MR) is 154 cm³/mol. The first-order valence-corrected chi connectivity index (χ1v) is 13.9. The molecule has 2 heterocycles. The maximum atomic E-state index is 13.9. The van der Waals surface area contributed by atoms with Crippen LogP contribution in [0.5, 0.6) is 0 Å². The fraction of sp³-hybridized carbons (Fsp3) is 0.324. The number of imidazole rings is 1. The standard InChI is InChI=1S/C34H34FN3/c1-22-18-26(33-36-31-9-5-7-27(35)20-32(31)37-33)11-13-29(22)25-10-12-28(19-25)38-17-16-34(23(2)21-38)15-14-24-6-3-4-8-30(24)34/h3-6,8-9,11,13-15,18,20,25,28H,2,7,10,12,16-17,19,21H2,1H3,(H,36,37). The molecule has 3 aromatic rings. The van der Waals surface area contributed by atoms with Gasteiger partial charge in [-0.1, -0.05) is 61.2 Å². The summed E-state index contributed by atoms with van der Waals surface area (Å²) >= 11 is 0. The van der Waals surface area contributed by atoms with Crippen molar-refractivity contribution in [3.63, 3.8) is 0 Å². The Morgan fingerprint density at radius 1 is 1.13 bits per heavy atom. The van der Waals surface area contributed by atoms with Crippen LogP contribution >= 0.6 is 0 Å². The number of benzene rings is 2. The number of halogens is 1. The molecule has 192 valence electrons. The molecule has 1 saturated heterocycles. The highest BCUT2D eigenvalue weighted by Gasteiger charge is 2.43. The molecule has 38 heavy (non-hydrogen) atoms. The van der Waals surface area contributed by atoms with Crippen molar-refractivity contribution in [1.29, 1.82) is 0 Å². The molecule has 1 saturated carbocycles. The summed E-state index contributed by atoms with van der Waals surface area (Å²) in [4.78, 5) is 10.8.